The van der Waals surface area contributed by atoms with Gasteiger partial charge in [-0.15, -0.1) is 0 Å². The van der Waals surface area contributed by atoms with Crippen molar-refractivity contribution in [3.05, 3.63) is 35.3 Å². The van der Waals surface area contributed by atoms with Gasteiger partial charge >= 0.3 is 0 Å². The summed E-state index contributed by atoms with van der Waals surface area (Å²) in [6.45, 7) is 1.56. The highest BCUT2D eigenvalue weighted by Crippen LogP contribution is 2.28. The van der Waals surface area contributed by atoms with Gasteiger partial charge in [0.05, 0.1) is 18.1 Å². The molecule has 25 heavy (non-hydrogen) atoms. The monoisotopic (exact) mass is 368 g/mol. The lowest BCUT2D eigenvalue weighted by atomic mass is 10.1. The Kier molecular flexibility index (Phi) is 4.59. The van der Waals surface area contributed by atoms with Crippen molar-refractivity contribution in [1.29, 1.82) is 0 Å². The number of aromatic nitrogens is 1. The van der Waals surface area contributed by atoms with Crippen molar-refractivity contribution in [3.63, 3.8) is 0 Å². The number of aliphatic hydroxyl groups is 1. The average molecular weight is 368 g/mol. The standard InChI is InChI=1S/C17H21FN2O4S/c1-11-14-9-12(18)3-4-15(14)19(2)16(11)17(22)20(6-7-21)13-5-8-25(23,24)10-13/h3-4,9,13,21H,5-8,10H2,1-2H3/t13-/m0/s1. The van der Waals surface area contributed by atoms with E-state index in [-0.39, 0.29) is 36.4 Å². The van der Waals surface area contributed by atoms with Crippen molar-refractivity contribution in [2.24, 2.45) is 7.05 Å². The molecule has 0 bridgehead atoms. The highest BCUT2D eigenvalue weighted by molar-refractivity contribution is 7.91. The number of fused-ring (bicyclic) bond motifs is 1. The number of aliphatic hydroxyl groups excluding tert-OH is 1. The molecule has 3 rings (SSSR count). The maximum absolute atomic E-state index is 13.6. The van der Waals surface area contributed by atoms with Crippen molar-refractivity contribution in [2.75, 3.05) is 24.7 Å². The van der Waals surface area contributed by atoms with Crippen molar-refractivity contribution in [3.8, 4) is 0 Å². The van der Waals surface area contributed by atoms with E-state index in [2.05, 4.69) is 0 Å². The molecule has 1 fully saturated rings. The van der Waals surface area contributed by atoms with Crippen LogP contribution in [-0.4, -0.2) is 59.6 Å². The molecular formula is C17H21FN2O4S. The summed E-state index contributed by atoms with van der Waals surface area (Å²) in [5, 5.41) is 9.99. The predicted octanol–water partition coefficient (Wildman–Crippen LogP) is 1.25. The average Bonchev–Trinajstić information content (AvgIpc) is 3.02. The van der Waals surface area contributed by atoms with Gasteiger partial charge in [-0.3, -0.25) is 4.79 Å². The first-order chi connectivity index (χ1) is 11.7. The highest BCUT2D eigenvalue weighted by Gasteiger charge is 2.36. The molecule has 1 atom stereocenters. The number of amides is 1. The number of sulfone groups is 1. The third-order valence-electron chi connectivity index (χ3n) is 4.87. The summed E-state index contributed by atoms with van der Waals surface area (Å²) in [5.41, 5.74) is 1.76. The molecule has 8 heteroatoms. The lowest BCUT2D eigenvalue weighted by molar-refractivity contribution is 0.0645. The Hall–Kier alpha value is -1.93. The van der Waals surface area contributed by atoms with Crippen LogP contribution in [0.5, 0.6) is 0 Å². The lowest BCUT2D eigenvalue weighted by Gasteiger charge is -2.28. The molecule has 2 aromatic rings. The minimum absolute atomic E-state index is 0.0478. The molecule has 1 aromatic carbocycles. The molecule has 1 saturated heterocycles. The lowest BCUT2D eigenvalue weighted by Crippen LogP contribution is -2.43. The number of rotatable bonds is 4. The van der Waals surface area contributed by atoms with Gasteiger partial charge in [0.25, 0.3) is 5.91 Å². The first-order valence-electron chi connectivity index (χ1n) is 8.12. The number of aryl methyl sites for hydroxylation is 2. The fourth-order valence-corrected chi connectivity index (χ4v) is 5.35. The van der Waals surface area contributed by atoms with Gasteiger partial charge in [0.2, 0.25) is 0 Å². The topological polar surface area (TPSA) is 79.6 Å². The minimum atomic E-state index is -3.16. The molecule has 136 valence electrons. The maximum atomic E-state index is 13.6. The van der Waals surface area contributed by atoms with Crippen molar-refractivity contribution in [2.45, 2.75) is 19.4 Å². The Morgan fingerprint density at radius 1 is 1.44 bits per heavy atom. The zero-order valence-corrected chi connectivity index (χ0v) is 15.0. The van der Waals surface area contributed by atoms with E-state index in [9.17, 15) is 22.7 Å². The van der Waals surface area contributed by atoms with E-state index >= 15 is 0 Å². The molecule has 2 heterocycles. The molecule has 1 amide bonds. The molecule has 1 aromatic heterocycles. The van der Waals surface area contributed by atoms with Crippen molar-refractivity contribution >= 4 is 26.6 Å². The van der Waals surface area contributed by atoms with E-state index in [1.807, 2.05) is 0 Å². The molecule has 0 spiro atoms. The first-order valence-corrected chi connectivity index (χ1v) is 9.94. The number of hydrogen-bond donors (Lipinski definition) is 1. The van der Waals surface area contributed by atoms with Gasteiger partial charge in [-0.1, -0.05) is 0 Å². The van der Waals surface area contributed by atoms with Crippen LogP contribution < -0.4 is 0 Å². The maximum Gasteiger partial charge on any atom is 0.271 e. The van der Waals surface area contributed by atoms with Gasteiger partial charge in [0.1, 0.15) is 11.5 Å². The van der Waals surface area contributed by atoms with Gasteiger partial charge in [0.15, 0.2) is 9.84 Å². The fraction of sp³-hybridized carbons (Fsp3) is 0.471. The molecule has 1 aliphatic heterocycles. The summed E-state index contributed by atoms with van der Waals surface area (Å²) in [5.74, 6) is -0.759. The van der Waals surface area contributed by atoms with E-state index < -0.39 is 15.9 Å². The molecule has 0 unspecified atom stereocenters. The van der Waals surface area contributed by atoms with Crippen LogP contribution in [0.15, 0.2) is 18.2 Å². The van der Waals surface area contributed by atoms with Crippen LogP contribution >= 0.6 is 0 Å². The second-order valence-corrected chi connectivity index (χ2v) is 8.70. The van der Waals surface area contributed by atoms with Crippen LogP contribution in [0.4, 0.5) is 4.39 Å². The zero-order chi connectivity index (χ0) is 18.4. The normalized spacial score (nSPS) is 19.4. The Labute approximate surface area is 145 Å². The quantitative estimate of drug-likeness (QED) is 0.881. The second kappa shape index (κ2) is 6.42. The summed E-state index contributed by atoms with van der Waals surface area (Å²) in [7, 11) is -1.43. The first kappa shape index (κ1) is 17.9. The number of halogens is 1. The molecule has 0 radical (unpaired) electrons. The summed E-state index contributed by atoms with van der Waals surface area (Å²) in [6.07, 6.45) is 0.367. The molecular weight excluding hydrogens is 347 g/mol. The van der Waals surface area contributed by atoms with E-state index in [0.717, 1.165) is 5.52 Å². The van der Waals surface area contributed by atoms with Gasteiger partial charge in [-0.05, 0) is 37.1 Å². The van der Waals surface area contributed by atoms with E-state index in [1.165, 1.54) is 17.0 Å². The Morgan fingerprint density at radius 2 is 2.16 bits per heavy atom. The molecule has 1 N–H and O–H groups in total. The number of hydrogen-bond acceptors (Lipinski definition) is 4. The van der Waals surface area contributed by atoms with E-state index in [0.29, 0.717) is 23.1 Å². The van der Waals surface area contributed by atoms with Gasteiger partial charge < -0.3 is 14.6 Å². The highest BCUT2D eigenvalue weighted by atomic mass is 32.2. The minimum Gasteiger partial charge on any atom is -0.395 e. The summed E-state index contributed by atoms with van der Waals surface area (Å²) in [4.78, 5) is 14.6. The van der Waals surface area contributed by atoms with E-state index in [1.54, 1.807) is 24.6 Å². The Balaban J connectivity index is 2.04. The molecule has 0 aliphatic carbocycles. The van der Waals surface area contributed by atoms with Crippen molar-refractivity contribution < 1.29 is 22.7 Å². The number of nitrogens with zero attached hydrogens (tertiary/aromatic N) is 2. The summed E-state index contributed by atoms with van der Waals surface area (Å²) < 4.78 is 38.8. The molecule has 6 nitrogen and oxygen atoms in total. The van der Waals surface area contributed by atoms with Crippen LogP contribution in [0.1, 0.15) is 22.5 Å². The third-order valence-corrected chi connectivity index (χ3v) is 6.62. The number of carbonyl (C=O) groups excluding carboxylic acids is 1. The summed E-state index contributed by atoms with van der Waals surface area (Å²) >= 11 is 0. The van der Waals surface area contributed by atoms with Crippen LogP contribution in [0, 0.1) is 12.7 Å². The largest absolute Gasteiger partial charge is 0.395 e. The van der Waals surface area contributed by atoms with Crippen LogP contribution in [0.2, 0.25) is 0 Å². The van der Waals surface area contributed by atoms with Crippen LogP contribution in [0.3, 0.4) is 0 Å². The Morgan fingerprint density at radius 3 is 2.76 bits per heavy atom. The van der Waals surface area contributed by atoms with Gasteiger partial charge in [-0.25, -0.2) is 12.8 Å². The predicted molar refractivity (Wildman–Crippen MR) is 92.8 cm³/mol. The molecule has 0 saturated carbocycles. The van der Waals surface area contributed by atoms with Gasteiger partial charge in [0, 0.05) is 30.5 Å². The number of benzene rings is 1. The Bertz CT molecular complexity index is 936. The third kappa shape index (κ3) is 3.16. The van der Waals surface area contributed by atoms with Crippen LogP contribution in [0.25, 0.3) is 10.9 Å². The van der Waals surface area contributed by atoms with Gasteiger partial charge in [-0.2, -0.15) is 0 Å². The summed E-state index contributed by atoms with van der Waals surface area (Å²) in [6, 6.07) is 3.90. The second-order valence-electron chi connectivity index (χ2n) is 6.47. The SMILES string of the molecule is Cc1c(C(=O)N(CCO)[C@H]2CCS(=O)(=O)C2)n(C)c2ccc(F)cc12. The van der Waals surface area contributed by atoms with Crippen LogP contribution in [-0.2, 0) is 16.9 Å². The zero-order valence-electron chi connectivity index (χ0n) is 14.2. The molecule has 1 aliphatic rings. The fourth-order valence-electron chi connectivity index (χ4n) is 3.62. The van der Waals surface area contributed by atoms with E-state index in [4.69, 9.17) is 0 Å². The van der Waals surface area contributed by atoms with Crippen molar-refractivity contribution in [1.82, 2.24) is 9.47 Å². The smallest absolute Gasteiger partial charge is 0.271 e. The number of carbonyl (C=O) groups is 1.